The highest BCUT2D eigenvalue weighted by atomic mass is 28.3. The molecule has 1 atom stereocenters. The van der Waals surface area contributed by atoms with Crippen LogP contribution >= 0.6 is 0 Å². The van der Waals surface area contributed by atoms with E-state index in [2.05, 4.69) is 102 Å². The molecule has 0 radical (unpaired) electrons. The van der Waals surface area contributed by atoms with Crippen LogP contribution in [0.25, 0.3) is 22.4 Å². The van der Waals surface area contributed by atoms with E-state index in [1.54, 1.807) is 0 Å². The molecule has 0 spiro atoms. The lowest BCUT2D eigenvalue weighted by Gasteiger charge is -2.32. The number of nitrogens with zero attached hydrogens (tertiary/aromatic N) is 1. The summed E-state index contributed by atoms with van der Waals surface area (Å²) >= 11 is 0. The van der Waals surface area contributed by atoms with E-state index in [0.29, 0.717) is 0 Å². The van der Waals surface area contributed by atoms with Gasteiger partial charge >= 0.3 is 0 Å². The van der Waals surface area contributed by atoms with E-state index in [1.165, 1.54) is 16.3 Å². The van der Waals surface area contributed by atoms with Crippen molar-refractivity contribution in [1.82, 2.24) is 4.98 Å². The Kier molecular flexibility index (Phi) is 5.24. The first kappa shape index (κ1) is 19.1. The van der Waals surface area contributed by atoms with E-state index in [4.69, 9.17) is 4.98 Å². The van der Waals surface area contributed by atoms with Gasteiger partial charge in [-0.2, -0.15) is 0 Å². The SMILES string of the molecule is [2H]C(C)(c1cc(-c2cccc(-c3ccccc3)c2)ncc1[Si](C)(C)C)C(C)(C)C. The van der Waals surface area contributed by atoms with E-state index in [0.717, 1.165) is 16.8 Å². The standard InChI is InChI=1S/C26H33NSi/c1-19(26(2,3)4)23-17-24(27-18-25(23)28(5,6)7)22-15-11-14-21(16-22)20-12-9-8-10-13-20/h8-19H,1-7H3/i19D. The Morgan fingerprint density at radius 3 is 2.07 bits per heavy atom. The third kappa shape index (κ3) is 4.44. The Morgan fingerprint density at radius 2 is 1.46 bits per heavy atom. The van der Waals surface area contributed by atoms with Gasteiger partial charge in [0.25, 0.3) is 0 Å². The lowest BCUT2D eigenvalue weighted by Crippen LogP contribution is -2.42. The molecule has 0 N–H and O–H groups in total. The summed E-state index contributed by atoms with van der Waals surface area (Å²) in [5.41, 5.74) is 5.38. The first-order valence-electron chi connectivity index (χ1n) is 10.6. The highest BCUT2D eigenvalue weighted by Gasteiger charge is 2.29. The molecule has 28 heavy (non-hydrogen) atoms. The van der Waals surface area contributed by atoms with Gasteiger partial charge in [-0.05, 0) is 45.3 Å². The number of rotatable bonds is 4. The number of aromatic nitrogens is 1. The summed E-state index contributed by atoms with van der Waals surface area (Å²) < 4.78 is 9.27. The summed E-state index contributed by atoms with van der Waals surface area (Å²) in [6.07, 6.45) is 2.05. The number of hydrogen-bond acceptors (Lipinski definition) is 1. The van der Waals surface area contributed by atoms with Crippen LogP contribution < -0.4 is 5.19 Å². The lowest BCUT2D eigenvalue weighted by molar-refractivity contribution is 0.340. The molecule has 1 unspecified atom stereocenters. The molecule has 3 aromatic rings. The molecule has 3 rings (SSSR count). The van der Waals surface area contributed by atoms with Crippen LogP contribution in [0, 0.1) is 5.41 Å². The molecule has 0 aliphatic heterocycles. The van der Waals surface area contributed by atoms with Crippen molar-refractivity contribution in [1.29, 1.82) is 0 Å². The molecule has 2 aromatic carbocycles. The van der Waals surface area contributed by atoms with Crippen LogP contribution in [-0.4, -0.2) is 13.1 Å². The minimum absolute atomic E-state index is 0.175. The van der Waals surface area contributed by atoms with Gasteiger partial charge in [0.05, 0.1) is 13.8 Å². The fraction of sp³-hybridized carbons (Fsp3) is 0.346. The second-order valence-corrected chi connectivity index (χ2v) is 14.7. The van der Waals surface area contributed by atoms with Crippen LogP contribution in [0.1, 0.15) is 40.5 Å². The maximum atomic E-state index is 9.27. The Balaban J connectivity index is 2.17. The highest BCUT2D eigenvalue weighted by molar-refractivity contribution is 6.89. The second-order valence-electron chi connectivity index (χ2n) is 9.69. The monoisotopic (exact) mass is 388 g/mol. The molecule has 0 saturated carbocycles. The molecule has 0 bridgehead atoms. The molecular formula is C26H33NSi. The summed E-state index contributed by atoms with van der Waals surface area (Å²) in [5, 5.41) is 1.29. The van der Waals surface area contributed by atoms with Crippen LogP contribution in [-0.2, 0) is 0 Å². The van der Waals surface area contributed by atoms with E-state index < -0.39 is 14.0 Å². The van der Waals surface area contributed by atoms with Gasteiger partial charge in [-0.1, -0.05) is 95.9 Å². The molecule has 0 aliphatic carbocycles. The molecule has 0 saturated heterocycles. The lowest BCUT2D eigenvalue weighted by atomic mass is 9.78. The molecule has 1 nitrogen and oxygen atoms in total. The molecule has 0 aliphatic rings. The smallest absolute Gasteiger partial charge is 0.0799 e. The summed E-state index contributed by atoms with van der Waals surface area (Å²) in [6.45, 7) is 15.5. The third-order valence-corrected chi connectivity index (χ3v) is 7.52. The van der Waals surface area contributed by atoms with Crippen LogP contribution in [0.2, 0.25) is 19.6 Å². The largest absolute Gasteiger partial charge is 0.256 e. The van der Waals surface area contributed by atoms with Crippen molar-refractivity contribution in [3.63, 3.8) is 0 Å². The van der Waals surface area contributed by atoms with Gasteiger partial charge in [0.1, 0.15) is 0 Å². The van der Waals surface area contributed by atoms with Gasteiger partial charge in [0.2, 0.25) is 0 Å². The predicted octanol–water partition coefficient (Wildman–Crippen LogP) is 7.11. The minimum atomic E-state index is -1.64. The molecule has 1 aromatic heterocycles. The average molecular weight is 389 g/mol. The van der Waals surface area contributed by atoms with E-state index in [-0.39, 0.29) is 5.41 Å². The van der Waals surface area contributed by atoms with Gasteiger partial charge in [-0.3, -0.25) is 4.98 Å². The Morgan fingerprint density at radius 1 is 0.857 bits per heavy atom. The van der Waals surface area contributed by atoms with E-state index in [1.807, 2.05) is 12.3 Å². The molecular weight excluding hydrogens is 354 g/mol. The van der Waals surface area contributed by atoms with Gasteiger partial charge in [-0.15, -0.1) is 0 Å². The molecule has 146 valence electrons. The van der Waals surface area contributed by atoms with Crippen molar-refractivity contribution in [2.75, 3.05) is 0 Å². The zero-order valence-corrected chi connectivity index (χ0v) is 19.3. The average Bonchev–Trinajstić information content (AvgIpc) is 2.67. The van der Waals surface area contributed by atoms with Crippen molar-refractivity contribution in [2.24, 2.45) is 5.41 Å². The topological polar surface area (TPSA) is 12.9 Å². The van der Waals surface area contributed by atoms with Gasteiger partial charge < -0.3 is 0 Å². The Bertz CT molecular complexity index is 995. The van der Waals surface area contributed by atoms with Crippen molar-refractivity contribution in [3.8, 4) is 22.4 Å². The first-order valence-corrected chi connectivity index (χ1v) is 13.6. The van der Waals surface area contributed by atoms with Gasteiger partial charge in [0.15, 0.2) is 0 Å². The summed E-state index contributed by atoms with van der Waals surface area (Å²) in [4.78, 5) is 4.86. The molecule has 1 heterocycles. The van der Waals surface area contributed by atoms with Gasteiger partial charge in [-0.25, -0.2) is 0 Å². The Labute approximate surface area is 173 Å². The fourth-order valence-electron chi connectivity index (χ4n) is 3.41. The van der Waals surface area contributed by atoms with E-state index in [9.17, 15) is 1.37 Å². The van der Waals surface area contributed by atoms with Crippen LogP contribution in [0.5, 0.6) is 0 Å². The molecule has 2 heteroatoms. The van der Waals surface area contributed by atoms with Crippen LogP contribution in [0.4, 0.5) is 0 Å². The quantitative estimate of drug-likeness (QED) is 0.434. The van der Waals surface area contributed by atoms with Crippen molar-refractivity contribution in [2.45, 2.75) is 53.2 Å². The maximum Gasteiger partial charge on any atom is 0.0799 e. The third-order valence-electron chi connectivity index (χ3n) is 5.51. The molecule has 0 amide bonds. The van der Waals surface area contributed by atoms with Gasteiger partial charge in [0, 0.05) is 13.1 Å². The highest BCUT2D eigenvalue weighted by Crippen LogP contribution is 2.36. The number of pyridine rings is 1. The fourth-order valence-corrected chi connectivity index (χ4v) is 4.93. The zero-order chi connectivity index (χ0) is 21.4. The van der Waals surface area contributed by atoms with Crippen molar-refractivity contribution in [3.05, 3.63) is 72.4 Å². The predicted molar refractivity (Wildman–Crippen MR) is 126 cm³/mol. The van der Waals surface area contributed by atoms with Crippen LogP contribution in [0.15, 0.2) is 66.9 Å². The Hall–Kier alpha value is -2.19. The zero-order valence-electron chi connectivity index (χ0n) is 19.3. The van der Waals surface area contributed by atoms with Crippen molar-refractivity contribution >= 4 is 13.3 Å². The maximum absolute atomic E-state index is 9.27. The minimum Gasteiger partial charge on any atom is -0.256 e. The summed E-state index contributed by atoms with van der Waals surface area (Å²) in [7, 11) is -1.64. The summed E-state index contributed by atoms with van der Waals surface area (Å²) in [5.74, 6) is -0.697. The normalized spacial score (nSPS) is 15.0. The second kappa shape index (κ2) is 7.67. The van der Waals surface area contributed by atoms with Crippen molar-refractivity contribution < 1.29 is 1.37 Å². The number of hydrogen-bond donors (Lipinski definition) is 0. The van der Waals surface area contributed by atoms with Crippen LogP contribution in [0.3, 0.4) is 0 Å². The van der Waals surface area contributed by atoms with E-state index >= 15 is 0 Å². The molecule has 0 fully saturated rings. The number of benzene rings is 2. The first-order chi connectivity index (χ1) is 13.4. The summed E-state index contributed by atoms with van der Waals surface area (Å²) in [6, 6.07) is 21.2.